The molecule has 0 saturated carbocycles. The molecule has 2 rings (SSSR count). The predicted octanol–water partition coefficient (Wildman–Crippen LogP) is 4.30. The van der Waals surface area contributed by atoms with Gasteiger partial charge in [0.05, 0.1) is 20.3 Å². The second kappa shape index (κ2) is 11.4. The molecule has 0 aliphatic heterocycles. The topological polar surface area (TPSA) is 81.7 Å². The second-order valence-corrected chi connectivity index (χ2v) is 7.41. The Balaban J connectivity index is 2.07. The van der Waals surface area contributed by atoms with E-state index in [1.807, 2.05) is 54.6 Å². The molecule has 1 N–H and O–H groups in total. The second-order valence-electron chi connectivity index (χ2n) is 6.49. The molecule has 0 bridgehead atoms. The molecule has 0 amide bonds. The quantitative estimate of drug-likeness (QED) is 0.419. The van der Waals surface area contributed by atoms with Crippen molar-refractivity contribution in [3.63, 3.8) is 0 Å². The van der Waals surface area contributed by atoms with Crippen LogP contribution in [0.1, 0.15) is 30.9 Å². The van der Waals surface area contributed by atoms with Crippen LogP contribution in [-0.4, -0.2) is 31.9 Å². The standard InChI is InChI=1S/C22H24BrNO5/c1-28-21(26)19(22(27)29-2)13-12-18(25)14-20(15-6-4-3-5-7-15)24-17-10-8-16(23)9-11-17/h3-11,19-20,24H,12-14H2,1-2H3. The molecule has 0 aliphatic carbocycles. The third kappa shape index (κ3) is 7.02. The minimum atomic E-state index is -1.09. The third-order valence-electron chi connectivity index (χ3n) is 4.50. The zero-order valence-electron chi connectivity index (χ0n) is 16.4. The summed E-state index contributed by atoms with van der Waals surface area (Å²) < 4.78 is 10.2. The van der Waals surface area contributed by atoms with E-state index in [2.05, 4.69) is 30.7 Å². The number of Topliss-reactive ketones (excluding diaryl/α,β-unsaturated/α-hetero) is 1. The van der Waals surface area contributed by atoms with Crippen molar-refractivity contribution >= 4 is 39.3 Å². The fourth-order valence-electron chi connectivity index (χ4n) is 2.94. The Morgan fingerprint density at radius 2 is 1.52 bits per heavy atom. The molecule has 0 aromatic heterocycles. The summed E-state index contributed by atoms with van der Waals surface area (Å²) in [6.07, 6.45) is 0.341. The van der Waals surface area contributed by atoms with Gasteiger partial charge in [0.15, 0.2) is 5.92 Å². The van der Waals surface area contributed by atoms with Gasteiger partial charge in [0, 0.05) is 23.0 Å². The van der Waals surface area contributed by atoms with Gasteiger partial charge in [-0.1, -0.05) is 46.3 Å². The van der Waals surface area contributed by atoms with Gasteiger partial charge in [0.25, 0.3) is 0 Å². The number of nitrogens with one attached hydrogen (secondary N) is 1. The molecule has 6 nitrogen and oxygen atoms in total. The molecule has 1 atom stereocenters. The SMILES string of the molecule is COC(=O)C(CCC(=O)CC(Nc1ccc(Br)cc1)c1ccccc1)C(=O)OC. The zero-order valence-corrected chi connectivity index (χ0v) is 18.0. The highest BCUT2D eigenvalue weighted by atomic mass is 79.9. The molecule has 7 heteroatoms. The van der Waals surface area contributed by atoms with Crippen molar-refractivity contribution in [1.29, 1.82) is 0 Å². The number of benzene rings is 2. The van der Waals surface area contributed by atoms with Gasteiger partial charge in [-0.25, -0.2) is 0 Å². The number of carbonyl (C=O) groups excluding carboxylic acids is 3. The van der Waals surface area contributed by atoms with E-state index in [0.717, 1.165) is 15.7 Å². The highest BCUT2D eigenvalue weighted by molar-refractivity contribution is 9.10. The van der Waals surface area contributed by atoms with E-state index in [1.165, 1.54) is 14.2 Å². The average molecular weight is 462 g/mol. The van der Waals surface area contributed by atoms with Gasteiger partial charge in [0.2, 0.25) is 0 Å². The lowest BCUT2D eigenvalue weighted by Gasteiger charge is -2.20. The van der Waals surface area contributed by atoms with E-state index in [-0.39, 0.29) is 31.1 Å². The van der Waals surface area contributed by atoms with Crippen LogP contribution >= 0.6 is 15.9 Å². The van der Waals surface area contributed by atoms with E-state index >= 15 is 0 Å². The molecule has 2 aromatic rings. The number of ether oxygens (including phenoxy) is 2. The van der Waals surface area contributed by atoms with E-state index in [4.69, 9.17) is 0 Å². The van der Waals surface area contributed by atoms with Crippen molar-refractivity contribution in [2.75, 3.05) is 19.5 Å². The highest BCUT2D eigenvalue weighted by Crippen LogP contribution is 2.25. The summed E-state index contributed by atoms with van der Waals surface area (Å²) in [5.41, 5.74) is 1.86. The van der Waals surface area contributed by atoms with Gasteiger partial charge in [-0.2, -0.15) is 0 Å². The molecule has 0 spiro atoms. The Kier molecular flexibility index (Phi) is 8.86. The first-order valence-electron chi connectivity index (χ1n) is 9.19. The Morgan fingerprint density at radius 1 is 0.931 bits per heavy atom. The van der Waals surface area contributed by atoms with Crippen molar-refractivity contribution in [2.24, 2.45) is 5.92 Å². The molecule has 0 fully saturated rings. The lowest BCUT2D eigenvalue weighted by Crippen LogP contribution is -2.27. The zero-order chi connectivity index (χ0) is 21.2. The summed E-state index contributed by atoms with van der Waals surface area (Å²) in [5.74, 6) is -2.56. The van der Waals surface area contributed by atoms with E-state index in [1.54, 1.807) is 0 Å². The Bertz CT molecular complexity index is 807. The molecule has 1 unspecified atom stereocenters. The van der Waals surface area contributed by atoms with Gasteiger partial charge >= 0.3 is 11.9 Å². The molecular formula is C22H24BrNO5. The number of methoxy groups -OCH3 is 2. The van der Waals surface area contributed by atoms with Crippen LogP contribution in [0.4, 0.5) is 5.69 Å². The van der Waals surface area contributed by atoms with Gasteiger partial charge in [0.1, 0.15) is 5.78 Å². The largest absolute Gasteiger partial charge is 0.468 e. The van der Waals surface area contributed by atoms with Gasteiger partial charge < -0.3 is 14.8 Å². The molecule has 0 saturated heterocycles. The minimum absolute atomic E-state index is 0.0535. The minimum Gasteiger partial charge on any atom is -0.468 e. The number of esters is 2. The van der Waals surface area contributed by atoms with Crippen LogP contribution in [0.5, 0.6) is 0 Å². The average Bonchev–Trinajstić information content (AvgIpc) is 2.75. The van der Waals surface area contributed by atoms with Gasteiger partial charge in [-0.3, -0.25) is 14.4 Å². The third-order valence-corrected chi connectivity index (χ3v) is 5.03. The first-order chi connectivity index (χ1) is 13.9. The van der Waals surface area contributed by atoms with Crippen LogP contribution in [0.15, 0.2) is 59.1 Å². The molecular weight excluding hydrogens is 438 g/mol. The molecule has 0 aliphatic rings. The number of anilines is 1. The van der Waals surface area contributed by atoms with Crippen molar-refractivity contribution in [3.8, 4) is 0 Å². The summed E-state index contributed by atoms with van der Waals surface area (Å²) in [5, 5.41) is 3.38. The van der Waals surface area contributed by atoms with Crippen LogP contribution in [0.3, 0.4) is 0 Å². The summed E-state index contributed by atoms with van der Waals surface area (Å²) in [6.45, 7) is 0. The van der Waals surface area contributed by atoms with Crippen molar-refractivity contribution in [1.82, 2.24) is 0 Å². The number of hydrogen-bond donors (Lipinski definition) is 1. The van der Waals surface area contributed by atoms with Crippen molar-refractivity contribution in [2.45, 2.75) is 25.3 Å². The van der Waals surface area contributed by atoms with Crippen LogP contribution in [0, 0.1) is 5.92 Å². The molecule has 29 heavy (non-hydrogen) atoms. The maximum Gasteiger partial charge on any atom is 0.320 e. The summed E-state index contributed by atoms with van der Waals surface area (Å²) in [6, 6.07) is 17.1. The molecule has 154 valence electrons. The number of ketones is 1. The maximum absolute atomic E-state index is 12.6. The normalized spacial score (nSPS) is 11.6. The van der Waals surface area contributed by atoms with Gasteiger partial charge in [-0.15, -0.1) is 0 Å². The molecule has 2 aromatic carbocycles. The number of hydrogen-bond acceptors (Lipinski definition) is 6. The summed E-state index contributed by atoms with van der Waals surface area (Å²) in [4.78, 5) is 36.2. The lowest BCUT2D eigenvalue weighted by atomic mass is 9.96. The van der Waals surface area contributed by atoms with Crippen LogP contribution in [-0.2, 0) is 23.9 Å². The molecule has 0 radical (unpaired) electrons. The lowest BCUT2D eigenvalue weighted by molar-refractivity contribution is -0.159. The number of carbonyl (C=O) groups is 3. The summed E-state index contributed by atoms with van der Waals surface area (Å²) in [7, 11) is 2.40. The first kappa shape index (κ1) is 22.6. The Morgan fingerprint density at radius 3 is 2.07 bits per heavy atom. The first-order valence-corrected chi connectivity index (χ1v) is 9.98. The van der Waals surface area contributed by atoms with Crippen molar-refractivity contribution < 1.29 is 23.9 Å². The van der Waals surface area contributed by atoms with Crippen LogP contribution in [0.25, 0.3) is 0 Å². The fourth-order valence-corrected chi connectivity index (χ4v) is 3.20. The number of rotatable bonds is 10. The fraction of sp³-hybridized carbons (Fsp3) is 0.318. The monoisotopic (exact) mass is 461 g/mol. The maximum atomic E-state index is 12.6. The number of halogens is 1. The highest BCUT2D eigenvalue weighted by Gasteiger charge is 2.29. The smallest absolute Gasteiger partial charge is 0.320 e. The Hall–Kier alpha value is -2.67. The van der Waals surface area contributed by atoms with Crippen LogP contribution in [0.2, 0.25) is 0 Å². The Labute approximate surface area is 178 Å². The van der Waals surface area contributed by atoms with Crippen molar-refractivity contribution in [3.05, 3.63) is 64.6 Å². The summed E-state index contributed by atoms with van der Waals surface area (Å²) >= 11 is 3.41. The van der Waals surface area contributed by atoms with Crippen LogP contribution < -0.4 is 5.32 Å². The van der Waals surface area contributed by atoms with E-state index < -0.39 is 17.9 Å². The van der Waals surface area contributed by atoms with Gasteiger partial charge in [-0.05, 0) is 36.2 Å². The molecule has 0 heterocycles. The van der Waals surface area contributed by atoms with E-state index in [9.17, 15) is 14.4 Å². The predicted molar refractivity (Wildman–Crippen MR) is 113 cm³/mol. The van der Waals surface area contributed by atoms with E-state index in [0.29, 0.717) is 0 Å².